The average Bonchev–Trinajstić information content (AvgIpc) is 3.26. The lowest BCUT2D eigenvalue weighted by Gasteiger charge is -2.19. The third kappa shape index (κ3) is 4.13. The van der Waals surface area contributed by atoms with Crippen molar-refractivity contribution < 1.29 is 28.5 Å². The lowest BCUT2D eigenvalue weighted by atomic mass is 10.1. The van der Waals surface area contributed by atoms with Crippen molar-refractivity contribution >= 4 is 40.6 Å². The molecule has 2 amide bonds. The molecule has 10 heteroatoms. The topological polar surface area (TPSA) is 120 Å². The van der Waals surface area contributed by atoms with Crippen molar-refractivity contribution in [3.63, 3.8) is 0 Å². The number of ether oxygens (including phenoxy) is 1. The van der Waals surface area contributed by atoms with Gasteiger partial charge in [-0.3, -0.25) is 24.6 Å². The molecule has 1 aromatic heterocycles. The number of esters is 1. The van der Waals surface area contributed by atoms with E-state index >= 15 is 0 Å². The second-order valence-electron chi connectivity index (χ2n) is 6.44. The van der Waals surface area contributed by atoms with Gasteiger partial charge in [0, 0.05) is 23.3 Å². The van der Waals surface area contributed by atoms with Gasteiger partial charge in [0.1, 0.15) is 17.6 Å². The van der Waals surface area contributed by atoms with Crippen molar-refractivity contribution in [2.24, 2.45) is 0 Å². The summed E-state index contributed by atoms with van der Waals surface area (Å²) in [4.78, 5) is 48.3. The molecule has 0 saturated carbocycles. The van der Waals surface area contributed by atoms with Gasteiger partial charge in [-0.15, -0.1) is 0 Å². The zero-order chi connectivity index (χ0) is 22.0. The Morgan fingerprint density at radius 1 is 1.33 bits per heavy atom. The maximum absolute atomic E-state index is 12.6. The molecule has 3 rings (SSSR count). The van der Waals surface area contributed by atoms with Gasteiger partial charge < -0.3 is 9.15 Å². The third-order valence-corrected chi connectivity index (χ3v) is 5.31. The fourth-order valence-electron chi connectivity index (χ4n) is 2.86. The van der Waals surface area contributed by atoms with Gasteiger partial charge in [0.25, 0.3) is 16.8 Å². The summed E-state index contributed by atoms with van der Waals surface area (Å²) >= 11 is 0.695. The van der Waals surface area contributed by atoms with Crippen molar-refractivity contribution in [1.29, 1.82) is 0 Å². The second kappa shape index (κ2) is 8.54. The predicted octanol–water partition coefficient (Wildman–Crippen LogP) is 4.15. The number of amides is 2. The van der Waals surface area contributed by atoms with Crippen LogP contribution in [0.1, 0.15) is 25.2 Å². The standard InChI is InChI=1S/C20H18N2O7S/c1-4-28-19(24)12(3)21-18(23)17(30-20(21)25)10-14-7-8-16(29-14)13-6-5-11(2)15(9-13)22(26)27/h5-10,12H,4H2,1-3H3/b17-10+/t12-/m0/s1. The van der Waals surface area contributed by atoms with E-state index in [9.17, 15) is 24.5 Å². The number of carbonyl (C=O) groups is 3. The van der Waals surface area contributed by atoms with Crippen LogP contribution in [0.15, 0.2) is 39.7 Å². The van der Waals surface area contributed by atoms with Gasteiger partial charge in [0.05, 0.1) is 16.4 Å². The fourth-order valence-corrected chi connectivity index (χ4v) is 3.74. The van der Waals surface area contributed by atoms with Crippen LogP contribution in [0.5, 0.6) is 0 Å². The Morgan fingerprint density at radius 3 is 2.73 bits per heavy atom. The van der Waals surface area contributed by atoms with E-state index in [1.54, 1.807) is 38.1 Å². The number of aryl methyl sites for hydroxylation is 1. The summed E-state index contributed by atoms with van der Waals surface area (Å²) in [5.41, 5.74) is 1.01. The normalized spacial score (nSPS) is 16.2. The molecule has 2 heterocycles. The summed E-state index contributed by atoms with van der Waals surface area (Å²) < 4.78 is 10.6. The minimum Gasteiger partial charge on any atom is -0.464 e. The lowest BCUT2D eigenvalue weighted by molar-refractivity contribution is -0.385. The molecule has 0 bridgehead atoms. The van der Waals surface area contributed by atoms with Gasteiger partial charge in [0.15, 0.2) is 0 Å². The first-order valence-electron chi connectivity index (χ1n) is 9.02. The second-order valence-corrected chi connectivity index (χ2v) is 7.43. The zero-order valence-corrected chi connectivity index (χ0v) is 17.2. The van der Waals surface area contributed by atoms with Gasteiger partial charge >= 0.3 is 5.97 Å². The number of carbonyl (C=O) groups excluding carboxylic acids is 3. The molecular formula is C20H18N2O7S. The number of furan rings is 1. The minimum atomic E-state index is -1.04. The maximum atomic E-state index is 12.6. The van der Waals surface area contributed by atoms with E-state index in [0.717, 1.165) is 4.90 Å². The number of thioether (sulfide) groups is 1. The number of rotatable bonds is 6. The SMILES string of the molecule is CCOC(=O)[C@H](C)N1C(=O)S/C(=C/c2ccc(-c3ccc(C)c([N+](=O)[O-])c3)o2)C1=O. The van der Waals surface area contributed by atoms with Crippen molar-refractivity contribution in [3.8, 4) is 11.3 Å². The van der Waals surface area contributed by atoms with Crippen LogP contribution in [-0.4, -0.2) is 39.6 Å². The molecule has 0 N–H and O–H groups in total. The van der Waals surface area contributed by atoms with Gasteiger partial charge in [-0.2, -0.15) is 0 Å². The van der Waals surface area contributed by atoms with Crippen LogP contribution in [0.4, 0.5) is 10.5 Å². The molecule has 30 heavy (non-hydrogen) atoms. The first kappa shape index (κ1) is 21.3. The van der Waals surface area contributed by atoms with E-state index in [-0.39, 0.29) is 17.2 Å². The molecule has 1 aromatic carbocycles. The molecule has 0 aliphatic carbocycles. The van der Waals surface area contributed by atoms with Crippen LogP contribution in [0.2, 0.25) is 0 Å². The van der Waals surface area contributed by atoms with Crippen LogP contribution < -0.4 is 0 Å². The predicted molar refractivity (Wildman–Crippen MR) is 109 cm³/mol. The number of hydrogen-bond donors (Lipinski definition) is 0. The first-order valence-corrected chi connectivity index (χ1v) is 9.83. The van der Waals surface area contributed by atoms with Gasteiger partial charge in [-0.05, 0) is 44.7 Å². The summed E-state index contributed by atoms with van der Waals surface area (Å²) in [5, 5.41) is 10.6. The van der Waals surface area contributed by atoms with Crippen LogP contribution in [0, 0.1) is 17.0 Å². The molecule has 1 atom stereocenters. The smallest absolute Gasteiger partial charge is 0.329 e. The summed E-state index contributed by atoms with van der Waals surface area (Å²) in [6, 6.07) is 6.89. The lowest BCUT2D eigenvalue weighted by Crippen LogP contribution is -2.42. The van der Waals surface area contributed by atoms with E-state index in [2.05, 4.69) is 0 Å². The minimum absolute atomic E-state index is 0.0282. The summed E-state index contributed by atoms with van der Waals surface area (Å²) in [6.45, 7) is 4.84. The number of imide groups is 1. The van der Waals surface area contributed by atoms with E-state index in [4.69, 9.17) is 9.15 Å². The largest absolute Gasteiger partial charge is 0.464 e. The maximum Gasteiger partial charge on any atom is 0.329 e. The van der Waals surface area contributed by atoms with Gasteiger partial charge in [-0.1, -0.05) is 12.1 Å². The summed E-state index contributed by atoms with van der Waals surface area (Å²) in [7, 11) is 0. The molecule has 1 aliphatic rings. The Morgan fingerprint density at radius 2 is 2.07 bits per heavy atom. The van der Waals surface area contributed by atoms with Gasteiger partial charge in [0.2, 0.25) is 0 Å². The van der Waals surface area contributed by atoms with Crippen LogP contribution in [0.25, 0.3) is 17.4 Å². The molecule has 1 saturated heterocycles. The average molecular weight is 430 g/mol. The van der Waals surface area contributed by atoms with Crippen molar-refractivity contribution in [2.45, 2.75) is 26.8 Å². The van der Waals surface area contributed by atoms with Gasteiger partial charge in [-0.25, -0.2) is 4.79 Å². The molecule has 0 radical (unpaired) electrons. The number of benzene rings is 1. The molecular weight excluding hydrogens is 412 g/mol. The highest BCUT2D eigenvalue weighted by Gasteiger charge is 2.41. The number of nitrogens with zero attached hydrogens (tertiary/aromatic N) is 2. The van der Waals surface area contributed by atoms with Crippen LogP contribution >= 0.6 is 11.8 Å². The van der Waals surface area contributed by atoms with Crippen molar-refractivity contribution in [2.75, 3.05) is 6.61 Å². The highest BCUT2D eigenvalue weighted by molar-refractivity contribution is 8.18. The molecule has 9 nitrogen and oxygen atoms in total. The fraction of sp³-hybridized carbons (Fsp3) is 0.250. The third-order valence-electron chi connectivity index (χ3n) is 4.43. The Bertz CT molecular complexity index is 1070. The van der Waals surface area contributed by atoms with E-state index in [1.165, 1.54) is 19.1 Å². The number of nitro benzene ring substituents is 1. The number of hydrogen-bond acceptors (Lipinski definition) is 8. The highest BCUT2D eigenvalue weighted by Crippen LogP contribution is 2.35. The van der Waals surface area contributed by atoms with E-state index in [1.807, 2.05) is 0 Å². The Kier molecular flexibility index (Phi) is 6.06. The molecule has 1 aliphatic heterocycles. The first-order chi connectivity index (χ1) is 14.2. The Hall–Kier alpha value is -3.40. The van der Waals surface area contributed by atoms with Crippen molar-refractivity contribution in [1.82, 2.24) is 4.90 Å². The molecule has 0 spiro atoms. The molecule has 156 valence electrons. The van der Waals surface area contributed by atoms with Crippen LogP contribution in [0.3, 0.4) is 0 Å². The van der Waals surface area contributed by atoms with E-state index < -0.39 is 28.1 Å². The van der Waals surface area contributed by atoms with Crippen molar-refractivity contribution in [3.05, 3.63) is 56.7 Å². The molecule has 0 unspecified atom stereocenters. The number of nitro groups is 1. The summed E-state index contributed by atoms with van der Waals surface area (Å²) in [6.07, 6.45) is 1.40. The Labute approximate surface area is 175 Å². The highest BCUT2D eigenvalue weighted by atomic mass is 32.2. The monoisotopic (exact) mass is 430 g/mol. The van der Waals surface area contributed by atoms with E-state index in [0.29, 0.717) is 34.4 Å². The Balaban J connectivity index is 1.84. The zero-order valence-electron chi connectivity index (χ0n) is 16.4. The summed E-state index contributed by atoms with van der Waals surface area (Å²) in [5.74, 6) is -0.609. The molecule has 2 aromatic rings. The van der Waals surface area contributed by atoms with Crippen LogP contribution in [-0.2, 0) is 14.3 Å². The molecule has 1 fully saturated rings. The quantitative estimate of drug-likeness (QED) is 0.290.